The Balaban J connectivity index is 3.33. The van der Waals surface area contributed by atoms with Crippen molar-refractivity contribution in [2.75, 3.05) is 6.54 Å². The van der Waals surface area contributed by atoms with E-state index in [1.165, 1.54) is 39.0 Å². The molecule has 0 bridgehead atoms. The molecule has 178 valence electrons. The lowest BCUT2D eigenvalue weighted by Gasteiger charge is -2.22. The van der Waals surface area contributed by atoms with E-state index in [1.54, 1.807) is 0 Å². The van der Waals surface area contributed by atoms with E-state index in [1.807, 2.05) is 0 Å². The lowest BCUT2D eigenvalue weighted by atomic mass is 10.0. The van der Waals surface area contributed by atoms with Crippen LogP contribution in [0.1, 0.15) is 20.8 Å². The summed E-state index contributed by atoms with van der Waals surface area (Å²) in [7, 11) is 0. The number of aliphatic hydroxyl groups is 1. The monoisotopic (exact) mass is 466 g/mol. The molecule has 0 atom stereocenters. The van der Waals surface area contributed by atoms with Crippen molar-refractivity contribution in [2.24, 2.45) is 10.7 Å². The smallest absolute Gasteiger partial charge is 0.416 e. The summed E-state index contributed by atoms with van der Waals surface area (Å²) in [5.41, 5.74) is 4.54. The van der Waals surface area contributed by atoms with E-state index in [0.29, 0.717) is 0 Å². The number of rotatable bonds is 6. The molecule has 0 unspecified atom stereocenters. The molecule has 1 aliphatic rings. The molecule has 1 aliphatic carbocycles. The zero-order valence-corrected chi connectivity index (χ0v) is 18.2. The molecule has 0 heterocycles. The van der Waals surface area contributed by atoms with Crippen molar-refractivity contribution in [1.29, 1.82) is 5.41 Å². The molecule has 9 nitrogen and oxygen atoms in total. The van der Waals surface area contributed by atoms with Crippen LogP contribution in [0.4, 0.5) is 18.0 Å². The van der Waals surface area contributed by atoms with Crippen LogP contribution in [0.25, 0.3) is 0 Å². The molecule has 1 rings (SSSR count). The predicted octanol–water partition coefficient (Wildman–Crippen LogP) is 3.29. The second-order valence-electron chi connectivity index (χ2n) is 6.31. The Morgan fingerprint density at radius 3 is 2.48 bits per heavy atom. The summed E-state index contributed by atoms with van der Waals surface area (Å²) in [6.45, 7) is 4.40. The number of likely N-dealkylation sites (N-methyl/N-ethyl adjacent to an activating group) is 1. The quantitative estimate of drug-likeness (QED) is 0.177. The largest absolute Gasteiger partial charge is 0.506 e. The fourth-order valence-electron chi connectivity index (χ4n) is 2.59. The molecule has 0 radical (unpaired) electrons. The number of hydrogen-bond donors (Lipinski definition) is 5. The summed E-state index contributed by atoms with van der Waals surface area (Å²) in [5.74, 6) is -0.794. The minimum Gasteiger partial charge on any atom is -0.506 e. The number of aliphatic hydroxyl groups excluding tert-OH is 1. The third kappa shape index (κ3) is 7.52. The number of alkyl halides is 3. The highest BCUT2D eigenvalue weighted by Crippen LogP contribution is 2.28. The van der Waals surface area contributed by atoms with Crippen molar-refractivity contribution >= 4 is 24.1 Å². The molecule has 0 aliphatic heterocycles. The highest BCUT2D eigenvalue weighted by Gasteiger charge is 2.32. The number of urea groups is 1. The number of allylic oxidation sites excluding steroid dienone is 8. The van der Waals surface area contributed by atoms with Gasteiger partial charge in [0.25, 0.3) is 0 Å². The number of carbonyl (C=O) groups is 2. The van der Waals surface area contributed by atoms with E-state index in [-0.39, 0.29) is 41.4 Å². The lowest BCUT2D eigenvalue weighted by molar-refractivity contribution is -0.108. The van der Waals surface area contributed by atoms with Gasteiger partial charge in [-0.2, -0.15) is 18.2 Å². The molecular formula is C21H25F3N6O3. The zero-order valence-electron chi connectivity index (χ0n) is 18.2. The second-order valence-corrected chi connectivity index (χ2v) is 6.31. The molecule has 0 spiro atoms. The number of guanidine groups is 1. The normalized spacial score (nSPS) is 17.1. The molecule has 3 amide bonds. The zero-order chi connectivity index (χ0) is 25.2. The van der Waals surface area contributed by atoms with E-state index in [2.05, 4.69) is 15.6 Å². The van der Waals surface area contributed by atoms with Crippen LogP contribution in [0.3, 0.4) is 0 Å². The first-order valence-corrected chi connectivity index (χ1v) is 9.61. The van der Waals surface area contributed by atoms with E-state index >= 15 is 0 Å². The number of carbonyl (C=O) groups excluding carboxylic acids is 2. The Labute approximate surface area is 188 Å². The number of nitrogens with zero attached hydrogens (tertiary/aromatic N) is 2. The fourth-order valence-corrected chi connectivity index (χ4v) is 2.59. The Kier molecular flexibility index (Phi) is 9.86. The SMILES string of the molecule is C\C=C/C(=C\C(=C/C)N(CC)C(=O)/N=C(\NC=O)NC1=C/C(=C/N)C(=N)C=C1O)C(F)(F)F. The highest BCUT2D eigenvalue weighted by atomic mass is 19.4. The lowest BCUT2D eigenvalue weighted by Crippen LogP contribution is -2.39. The van der Waals surface area contributed by atoms with Crippen LogP contribution >= 0.6 is 0 Å². The number of nitrogens with one attached hydrogen (secondary N) is 3. The Bertz CT molecular complexity index is 1000. The van der Waals surface area contributed by atoms with Gasteiger partial charge in [-0.1, -0.05) is 18.2 Å². The number of amides is 3. The first kappa shape index (κ1) is 26.9. The van der Waals surface area contributed by atoms with Crippen LogP contribution in [0, 0.1) is 5.41 Å². The van der Waals surface area contributed by atoms with Gasteiger partial charge in [0.2, 0.25) is 12.4 Å². The molecular weight excluding hydrogens is 441 g/mol. The second kappa shape index (κ2) is 12.1. The molecule has 0 aromatic rings. The maximum absolute atomic E-state index is 13.3. The van der Waals surface area contributed by atoms with Gasteiger partial charge in [0.1, 0.15) is 5.76 Å². The first-order chi connectivity index (χ1) is 15.5. The third-order valence-electron chi connectivity index (χ3n) is 4.14. The summed E-state index contributed by atoms with van der Waals surface area (Å²) in [4.78, 5) is 28.4. The summed E-state index contributed by atoms with van der Waals surface area (Å²) in [5, 5.41) is 22.4. The Morgan fingerprint density at radius 1 is 1.33 bits per heavy atom. The van der Waals surface area contributed by atoms with E-state index in [0.717, 1.165) is 29.3 Å². The summed E-state index contributed by atoms with van der Waals surface area (Å²) < 4.78 is 39.8. The third-order valence-corrected chi connectivity index (χ3v) is 4.14. The van der Waals surface area contributed by atoms with Gasteiger partial charge in [-0.15, -0.1) is 0 Å². The minimum atomic E-state index is -4.64. The molecule has 0 saturated carbocycles. The molecule has 0 saturated heterocycles. The maximum Gasteiger partial charge on any atom is 0.416 e. The standard InChI is InChI=1S/C21H25F3N6O3/c1-4-7-14(21(22,23)24)9-15(5-2)30(6-3)20(33)29-19(27-12-31)28-17-8-13(11-25)16(26)10-18(17)32/h4-5,7-12,26,32H,6,25H2,1-3H3,(H2,27,28,29,31,33)/b7-4-,13-11-,14-9+,15-5+,26-16?. The van der Waals surface area contributed by atoms with Crippen molar-refractivity contribution in [3.8, 4) is 0 Å². The summed E-state index contributed by atoms with van der Waals surface area (Å²) >= 11 is 0. The van der Waals surface area contributed by atoms with Crippen molar-refractivity contribution in [2.45, 2.75) is 26.9 Å². The number of nitrogens with two attached hydrogens (primary N) is 1. The molecule has 6 N–H and O–H groups in total. The van der Waals surface area contributed by atoms with Crippen LogP contribution in [0.15, 0.2) is 75.9 Å². The first-order valence-electron chi connectivity index (χ1n) is 9.61. The summed E-state index contributed by atoms with van der Waals surface area (Å²) in [6, 6.07) is -0.983. The van der Waals surface area contributed by atoms with Crippen LogP contribution < -0.4 is 16.4 Å². The highest BCUT2D eigenvalue weighted by molar-refractivity contribution is 6.10. The molecule has 0 fully saturated rings. The van der Waals surface area contributed by atoms with Gasteiger partial charge in [-0.3, -0.25) is 15.0 Å². The average molecular weight is 466 g/mol. The van der Waals surface area contributed by atoms with E-state index < -0.39 is 23.7 Å². The van der Waals surface area contributed by atoms with Gasteiger partial charge in [-0.05, 0) is 32.9 Å². The van der Waals surface area contributed by atoms with Crippen LogP contribution in [0.2, 0.25) is 0 Å². The maximum atomic E-state index is 13.3. The van der Waals surface area contributed by atoms with Gasteiger partial charge in [0.05, 0.1) is 17.0 Å². The molecule has 12 heteroatoms. The minimum absolute atomic E-state index is 0.0229. The van der Waals surface area contributed by atoms with Crippen molar-refractivity contribution in [3.05, 3.63) is 71.0 Å². The van der Waals surface area contributed by atoms with Gasteiger partial charge in [-0.25, -0.2) is 4.79 Å². The van der Waals surface area contributed by atoms with Crippen molar-refractivity contribution in [3.63, 3.8) is 0 Å². The van der Waals surface area contributed by atoms with Crippen LogP contribution in [0.5, 0.6) is 0 Å². The Morgan fingerprint density at radius 2 is 2.00 bits per heavy atom. The van der Waals surface area contributed by atoms with Gasteiger partial charge in [0, 0.05) is 30.1 Å². The topological polar surface area (TPSA) is 144 Å². The number of aliphatic imine (C=N–C) groups is 1. The van der Waals surface area contributed by atoms with Gasteiger partial charge < -0.3 is 21.6 Å². The molecule has 0 aromatic carbocycles. The number of halogens is 3. The number of hydrogen-bond acceptors (Lipinski definition) is 5. The van der Waals surface area contributed by atoms with E-state index in [9.17, 15) is 27.9 Å². The van der Waals surface area contributed by atoms with Crippen LogP contribution in [-0.2, 0) is 4.79 Å². The molecule has 0 aromatic heterocycles. The Hall–Kier alpha value is -4.09. The van der Waals surface area contributed by atoms with Crippen LogP contribution in [-0.4, -0.2) is 46.8 Å². The van der Waals surface area contributed by atoms with Crippen molar-refractivity contribution in [1.82, 2.24) is 15.5 Å². The van der Waals surface area contributed by atoms with E-state index in [4.69, 9.17) is 11.1 Å². The average Bonchev–Trinajstić information content (AvgIpc) is 2.74. The fraction of sp³-hybridized carbons (Fsp3) is 0.238. The van der Waals surface area contributed by atoms with Crippen molar-refractivity contribution < 1.29 is 27.9 Å². The summed E-state index contributed by atoms with van der Waals surface area (Å²) in [6.07, 6.45) is 3.28. The predicted molar refractivity (Wildman–Crippen MR) is 119 cm³/mol. The molecule has 33 heavy (non-hydrogen) atoms. The van der Waals surface area contributed by atoms with Gasteiger partial charge in [0.15, 0.2) is 0 Å². The van der Waals surface area contributed by atoms with Gasteiger partial charge >= 0.3 is 12.2 Å².